The highest BCUT2D eigenvalue weighted by Crippen LogP contribution is 2.43. The topological polar surface area (TPSA) is 63.6 Å². The van der Waals surface area contributed by atoms with Crippen LogP contribution in [0.25, 0.3) is 0 Å². The summed E-state index contributed by atoms with van der Waals surface area (Å²) in [6.07, 6.45) is 6.09. The molecule has 1 aliphatic carbocycles. The summed E-state index contributed by atoms with van der Waals surface area (Å²) in [5.41, 5.74) is 0.477. The number of esters is 1. The molecule has 1 heterocycles. The third kappa shape index (κ3) is 3.16. The number of hydrogen-bond donors (Lipinski definition) is 1. The molecule has 22 heavy (non-hydrogen) atoms. The molecule has 1 saturated heterocycles. The van der Waals surface area contributed by atoms with Crippen molar-refractivity contribution in [2.75, 3.05) is 0 Å². The Labute approximate surface area is 130 Å². The van der Waals surface area contributed by atoms with Crippen molar-refractivity contribution in [2.45, 2.75) is 57.0 Å². The van der Waals surface area contributed by atoms with Crippen LogP contribution in [0.4, 0.5) is 0 Å². The Balaban J connectivity index is 1.77. The molecule has 1 saturated carbocycles. The standard InChI is InChI=1S/C18H22O4/c19-15-7-5-13(6-8-15)9-10-18(14-3-1-2-4-14)12-16(20)11-17(21)22-18/h5-8,14,19H,1-4,9-12H2/t18-/m0/s1. The second kappa shape index (κ2) is 6.11. The average Bonchev–Trinajstić information content (AvgIpc) is 3.00. The zero-order valence-corrected chi connectivity index (χ0v) is 12.7. The predicted molar refractivity (Wildman–Crippen MR) is 81.4 cm³/mol. The molecular formula is C18H22O4. The lowest BCUT2D eigenvalue weighted by Gasteiger charge is -2.41. The molecule has 1 aromatic carbocycles. The number of ketones is 1. The number of carbonyl (C=O) groups is 2. The summed E-state index contributed by atoms with van der Waals surface area (Å²) in [7, 11) is 0. The summed E-state index contributed by atoms with van der Waals surface area (Å²) in [4.78, 5) is 23.8. The van der Waals surface area contributed by atoms with Crippen molar-refractivity contribution in [3.63, 3.8) is 0 Å². The van der Waals surface area contributed by atoms with Gasteiger partial charge in [0.1, 0.15) is 23.6 Å². The Hall–Kier alpha value is -1.84. The molecule has 0 unspecified atom stereocenters. The molecule has 4 heteroatoms. The first-order chi connectivity index (χ1) is 10.6. The Morgan fingerprint density at radius 1 is 1.14 bits per heavy atom. The van der Waals surface area contributed by atoms with Crippen molar-refractivity contribution in [1.29, 1.82) is 0 Å². The van der Waals surface area contributed by atoms with Crippen LogP contribution in [-0.2, 0) is 20.7 Å². The van der Waals surface area contributed by atoms with E-state index in [9.17, 15) is 14.7 Å². The lowest BCUT2D eigenvalue weighted by Crippen LogP contribution is -2.48. The molecule has 2 aliphatic rings. The molecule has 3 rings (SSSR count). The normalized spacial score (nSPS) is 26.2. The van der Waals surface area contributed by atoms with Crippen LogP contribution in [0.3, 0.4) is 0 Å². The van der Waals surface area contributed by atoms with E-state index < -0.39 is 5.60 Å². The SMILES string of the molecule is O=C1CC(=O)O[C@](CCc2ccc(O)cc2)(C2CCCC2)C1. The third-order valence-corrected chi connectivity index (χ3v) is 5.03. The van der Waals surface area contributed by atoms with Gasteiger partial charge in [0.25, 0.3) is 0 Å². The average molecular weight is 302 g/mol. The molecule has 1 N–H and O–H groups in total. The van der Waals surface area contributed by atoms with Crippen molar-refractivity contribution in [3.05, 3.63) is 29.8 Å². The monoisotopic (exact) mass is 302 g/mol. The van der Waals surface area contributed by atoms with Gasteiger partial charge in [0.2, 0.25) is 0 Å². The zero-order chi connectivity index (χ0) is 15.6. The smallest absolute Gasteiger partial charge is 0.313 e. The summed E-state index contributed by atoms with van der Waals surface area (Å²) in [5.74, 6) is 0.189. The molecule has 0 aromatic heterocycles. The summed E-state index contributed by atoms with van der Waals surface area (Å²) < 4.78 is 5.76. The lowest BCUT2D eigenvalue weighted by atomic mass is 9.76. The second-order valence-corrected chi connectivity index (χ2v) is 6.58. The predicted octanol–water partition coefficient (Wildman–Crippen LogP) is 3.16. The maximum absolute atomic E-state index is 12.0. The van der Waals surface area contributed by atoms with Crippen LogP contribution in [0.15, 0.2) is 24.3 Å². The number of cyclic esters (lactones) is 1. The Bertz CT molecular complexity index is 539. The number of hydrogen-bond acceptors (Lipinski definition) is 4. The number of aromatic hydroxyl groups is 1. The van der Waals surface area contributed by atoms with Crippen LogP contribution in [0.5, 0.6) is 5.75 Å². The van der Waals surface area contributed by atoms with E-state index >= 15 is 0 Å². The van der Waals surface area contributed by atoms with Gasteiger partial charge in [-0.2, -0.15) is 0 Å². The molecule has 0 radical (unpaired) electrons. The quantitative estimate of drug-likeness (QED) is 0.685. The van der Waals surface area contributed by atoms with Crippen molar-refractivity contribution in [3.8, 4) is 5.75 Å². The number of phenols is 1. The van der Waals surface area contributed by atoms with Crippen molar-refractivity contribution in [1.82, 2.24) is 0 Å². The van der Waals surface area contributed by atoms with Crippen molar-refractivity contribution >= 4 is 11.8 Å². The highest BCUT2D eigenvalue weighted by molar-refractivity contribution is 5.98. The molecule has 1 aromatic rings. The largest absolute Gasteiger partial charge is 0.508 e. The van der Waals surface area contributed by atoms with Crippen LogP contribution in [-0.4, -0.2) is 22.5 Å². The third-order valence-electron chi connectivity index (χ3n) is 5.03. The first kappa shape index (κ1) is 15.1. The van der Waals surface area contributed by atoms with Gasteiger partial charge in [-0.1, -0.05) is 25.0 Å². The first-order valence-electron chi connectivity index (χ1n) is 8.09. The van der Waals surface area contributed by atoms with Gasteiger partial charge in [0, 0.05) is 6.42 Å². The van der Waals surface area contributed by atoms with Gasteiger partial charge >= 0.3 is 5.97 Å². The highest BCUT2D eigenvalue weighted by atomic mass is 16.6. The zero-order valence-electron chi connectivity index (χ0n) is 12.7. The molecule has 1 aliphatic heterocycles. The van der Waals surface area contributed by atoms with Gasteiger partial charge in [0.15, 0.2) is 0 Å². The summed E-state index contributed by atoms with van der Waals surface area (Å²) in [6, 6.07) is 7.08. The Morgan fingerprint density at radius 2 is 1.82 bits per heavy atom. The second-order valence-electron chi connectivity index (χ2n) is 6.58. The Kier molecular flexibility index (Phi) is 4.19. The fourth-order valence-corrected chi connectivity index (χ4v) is 3.90. The van der Waals surface area contributed by atoms with Gasteiger partial charge in [-0.05, 0) is 49.3 Å². The number of ether oxygens (including phenoxy) is 1. The summed E-state index contributed by atoms with van der Waals surface area (Å²) >= 11 is 0. The van der Waals surface area contributed by atoms with Crippen molar-refractivity contribution in [2.24, 2.45) is 5.92 Å². The minimum atomic E-state index is -0.610. The molecule has 2 fully saturated rings. The summed E-state index contributed by atoms with van der Waals surface area (Å²) in [6.45, 7) is 0. The minimum absolute atomic E-state index is 0.00820. The van der Waals surface area contributed by atoms with E-state index in [2.05, 4.69) is 0 Å². The lowest BCUT2D eigenvalue weighted by molar-refractivity contribution is -0.178. The van der Waals surface area contributed by atoms with Crippen LogP contribution in [0.1, 0.15) is 50.5 Å². The molecule has 4 nitrogen and oxygen atoms in total. The van der Waals surface area contributed by atoms with Gasteiger partial charge in [-0.15, -0.1) is 0 Å². The first-order valence-corrected chi connectivity index (χ1v) is 8.09. The molecule has 0 amide bonds. The molecule has 1 atom stereocenters. The molecule has 0 spiro atoms. The number of aryl methyl sites for hydroxylation is 1. The van der Waals surface area contributed by atoms with E-state index in [1.807, 2.05) is 12.1 Å². The number of phenolic OH excluding ortho intramolecular Hbond substituents is 1. The van der Waals surface area contributed by atoms with E-state index in [4.69, 9.17) is 4.74 Å². The van der Waals surface area contributed by atoms with Crippen LogP contribution >= 0.6 is 0 Å². The minimum Gasteiger partial charge on any atom is -0.508 e. The highest BCUT2D eigenvalue weighted by Gasteiger charge is 2.47. The van der Waals surface area contributed by atoms with Gasteiger partial charge < -0.3 is 9.84 Å². The van der Waals surface area contributed by atoms with E-state index in [0.29, 0.717) is 18.8 Å². The number of Topliss-reactive ketones (excluding diaryl/α,β-unsaturated/α-hetero) is 1. The van der Waals surface area contributed by atoms with Crippen LogP contribution in [0, 0.1) is 5.92 Å². The molecule has 118 valence electrons. The van der Waals surface area contributed by atoms with E-state index in [-0.39, 0.29) is 23.9 Å². The fraction of sp³-hybridized carbons (Fsp3) is 0.556. The van der Waals surface area contributed by atoms with E-state index in [1.54, 1.807) is 12.1 Å². The fourth-order valence-electron chi connectivity index (χ4n) is 3.90. The van der Waals surface area contributed by atoms with E-state index in [0.717, 1.165) is 37.7 Å². The van der Waals surface area contributed by atoms with E-state index in [1.165, 1.54) is 0 Å². The maximum atomic E-state index is 12.0. The van der Waals surface area contributed by atoms with Gasteiger partial charge in [-0.25, -0.2) is 0 Å². The molecular weight excluding hydrogens is 280 g/mol. The number of rotatable bonds is 4. The molecule has 0 bridgehead atoms. The Morgan fingerprint density at radius 3 is 2.45 bits per heavy atom. The van der Waals surface area contributed by atoms with Gasteiger partial charge in [0.05, 0.1) is 0 Å². The number of benzene rings is 1. The van der Waals surface area contributed by atoms with Crippen LogP contribution in [0.2, 0.25) is 0 Å². The van der Waals surface area contributed by atoms with Crippen LogP contribution < -0.4 is 0 Å². The summed E-state index contributed by atoms with van der Waals surface area (Å²) in [5, 5.41) is 9.35. The van der Waals surface area contributed by atoms with Crippen molar-refractivity contribution < 1.29 is 19.4 Å². The van der Waals surface area contributed by atoms with Gasteiger partial charge in [-0.3, -0.25) is 9.59 Å². The maximum Gasteiger partial charge on any atom is 0.313 e. The number of carbonyl (C=O) groups excluding carboxylic acids is 2.